The van der Waals surface area contributed by atoms with Crippen LogP contribution >= 0.6 is 0 Å². The van der Waals surface area contributed by atoms with Crippen LogP contribution in [0, 0.1) is 0 Å². The minimum absolute atomic E-state index is 0.0638. The summed E-state index contributed by atoms with van der Waals surface area (Å²) in [6, 6.07) is 0. The number of rotatable bonds is 3. The lowest BCUT2D eigenvalue weighted by molar-refractivity contribution is -0.139. The molecular weight excluding hydrogens is 192 g/mol. The summed E-state index contributed by atoms with van der Waals surface area (Å²) >= 11 is 0. The van der Waals surface area contributed by atoms with Gasteiger partial charge >= 0.3 is 5.97 Å². The molecule has 80 valence electrons. The summed E-state index contributed by atoms with van der Waals surface area (Å²) in [5.74, 6) is -0.192. The number of esters is 1. The molecule has 0 aromatic heterocycles. The van der Waals surface area contributed by atoms with Crippen LogP contribution < -0.4 is 0 Å². The lowest BCUT2D eigenvalue weighted by Crippen LogP contribution is -2.29. The van der Waals surface area contributed by atoms with Crippen molar-refractivity contribution in [3.63, 3.8) is 0 Å². The number of hydrogen-bond acceptors (Lipinski definition) is 3. The first-order valence-electron chi connectivity index (χ1n) is 5.57. The zero-order valence-electron chi connectivity index (χ0n) is 8.73. The van der Waals surface area contributed by atoms with Gasteiger partial charge in [0.05, 0.1) is 5.57 Å². The second kappa shape index (κ2) is 2.95. The van der Waals surface area contributed by atoms with Crippen molar-refractivity contribution in [3.05, 3.63) is 23.8 Å². The number of cyclic esters (lactones) is 1. The third-order valence-corrected chi connectivity index (χ3v) is 3.42. The number of epoxide rings is 1. The Labute approximate surface area is 88.7 Å². The van der Waals surface area contributed by atoms with Crippen LogP contribution in [0.4, 0.5) is 0 Å². The van der Waals surface area contributed by atoms with Crippen molar-refractivity contribution in [1.29, 1.82) is 0 Å². The molecule has 0 bridgehead atoms. The third kappa shape index (κ3) is 1.07. The fraction of sp³-hybridized carbons (Fsp3) is 0.583. The maximum Gasteiger partial charge on any atom is 0.337 e. The van der Waals surface area contributed by atoms with E-state index in [0.29, 0.717) is 0 Å². The van der Waals surface area contributed by atoms with E-state index in [1.807, 2.05) is 18.2 Å². The van der Waals surface area contributed by atoms with E-state index in [-0.39, 0.29) is 18.2 Å². The van der Waals surface area contributed by atoms with Gasteiger partial charge in [-0.2, -0.15) is 0 Å². The van der Waals surface area contributed by atoms with Crippen LogP contribution in [-0.4, -0.2) is 23.8 Å². The van der Waals surface area contributed by atoms with Gasteiger partial charge in [-0.3, -0.25) is 0 Å². The number of allylic oxidation sites excluding steroid dienone is 2. The molecule has 0 amide bonds. The maximum absolute atomic E-state index is 11.6. The molecule has 2 aliphatic heterocycles. The first kappa shape index (κ1) is 9.16. The molecule has 0 aromatic carbocycles. The normalized spacial score (nSPS) is 40.6. The maximum atomic E-state index is 11.6. The SMILES string of the molecule is CCCCC1OC(=O)C2=CC=CC3OC231. The minimum atomic E-state index is -0.402. The van der Waals surface area contributed by atoms with E-state index < -0.39 is 5.60 Å². The first-order chi connectivity index (χ1) is 7.29. The summed E-state index contributed by atoms with van der Waals surface area (Å²) in [6.45, 7) is 2.14. The molecule has 0 saturated carbocycles. The van der Waals surface area contributed by atoms with Crippen LogP contribution in [0.2, 0.25) is 0 Å². The topological polar surface area (TPSA) is 38.8 Å². The van der Waals surface area contributed by atoms with Gasteiger partial charge in [-0.15, -0.1) is 0 Å². The van der Waals surface area contributed by atoms with Gasteiger partial charge in [0, 0.05) is 0 Å². The summed E-state index contributed by atoms with van der Waals surface area (Å²) < 4.78 is 11.1. The van der Waals surface area contributed by atoms with Gasteiger partial charge in [0.2, 0.25) is 0 Å². The van der Waals surface area contributed by atoms with Crippen LogP contribution in [0.5, 0.6) is 0 Å². The van der Waals surface area contributed by atoms with Crippen LogP contribution in [0.3, 0.4) is 0 Å². The lowest BCUT2D eigenvalue weighted by Gasteiger charge is -2.14. The highest BCUT2D eigenvalue weighted by Crippen LogP contribution is 2.54. The number of carbonyl (C=O) groups excluding carboxylic acids is 1. The smallest absolute Gasteiger partial charge is 0.337 e. The molecule has 2 fully saturated rings. The zero-order valence-corrected chi connectivity index (χ0v) is 8.73. The molecule has 0 radical (unpaired) electrons. The minimum Gasteiger partial charge on any atom is -0.455 e. The Morgan fingerprint density at radius 3 is 3.20 bits per heavy atom. The van der Waals surface area contributed by atoms with Crippen LogP contribution in [-0.2, 0) is 14.3 Å². The van der Waals surface area contributed by atoms with Crippen molar-refractivity contribution >= 4 is 5.97 Å². The molecular formula is C12H14O3. The highest BCUT2D eigenvalue weighted by molar-refractivity contribution is 5.96. The highest BCUT2D eigenvalue weighted by Gasteiger charge is 2.70. The van der Waals surface area contributed by atoms with E-state index in [9.17, 15) is 4.79 Å². The van der Waals surface area contributed by atoms with Crippen molar-refractivity contribution in [3.8, 4) is 0 Å². The van der Waals surface area contributed by atoms with E-state index in [4.69, 9.17) is 9.47 Å². The molecule has 3 aliphatic rings. The largest absolute Gasteiger partial charge is 0.455 e. The van der Waals surface area contributed by atoms with Gasteiger partial charge in [-0.1, -0.05) is 25.5 Å². The molecule has 3 rings (SSSR count). The van der Waals surface area contributed by atoms with Gasteiger partial charge in [-0.05, 0) is 18.9 Å². The van der Waals surface area contributed by atoms with Crippen LogP contribution in [0.15, 0.2) is 23.8 Å². The van der Waals surface area contributed by atoms with Gasteiger partial charge in [0.25, 0.3) is 0 Å². The molecule has 15 heavy (non-hydrogen) atoms. The summed E-state index contributed by atoms with van der Waals surface area (Å²) in [6.07, 6.45) is 8.83. The predicted molar refractivity (Wildman–Crippen MR) is 54.2 cm³/mol. The summed E-state index contributed by atoms with van der Waals surface area (Å²) in [5, 5.41) is 0. The van der Waals surface area contributed by atoms with E-state index >= 15 is 0 Å². The lowest BCUT2D eigenvalue weighted by atomic mass is 9.86. The fourth-order valence-corrected chi connectivity index (χ4v) is 2.56. The van der Waals surface area contributed by atoms with E-state index in [1.54, 1.807) is 0 Å². The van der Waals surface area contributed by atoms with Crippen molar-refractivity contribution < 1.29 is 14.3 Å². The van der Waals surface area contributed by atoms with Gasteiger partial charge in [0.1, 0.15) is 12.2 Å². The number of carbonyl (C=O) groups is 1. The molecule has 0 N–H and O–H groups in total. The summed E-state index contributed by atoms with van der Waals surface area (Å²) in [4.78, 5) is 11.6. The molecule has 1 spiro atoms. The molecule has 1 aliphatic carbocycles. The standard InChI is InChI=1S/C12H14O3/c1-2-3-6-9-12-8(11(13)14-9)5-4-7-10(12)15-12/h4-5,7,9-10H,2-3,6H2,1H3. The Kier molecular flexibility index (Phi) is 1.80. The van der Waals surface area contributed by atoms with Gasteiger partial charge in [0.15, 0.2) is 5.60 Å². The van der Waals surface area contributed by atoms with E-state index in [0.717, 1.165) is 24.8 Å². The number of ether oxygens (including phenoxy) is 2. The monoisotopic (exact) mass is 206 g/mol. The van der Waals surface area contributed by atoms with E-state index in [2.05, 4.69) is 6.92 Å². The summed E-state index contributed by atoms with van der Waals surface area (Å²) in [7, 11) is 0. The third-order valence-electron chi connectivity index (χ3n) is 3.42. The highest BCUT2D eigenvalue weighted by atomic mass is 16.7. The first-order valence-corrected chi connectivity index (χ1v) is 5.57. The number of hydrogen-bond donors (Lipinski definition) is 0. The van der Waals surface area contributed by atoms with E-state index in [1.165, 1.54) is 0 Å². The zero-order chi connectivity index (χ0) is 10.5. The van der Waals surface area contributed by atoms with Crippen molar-refractivity contribution in [2.75, 3.05) is 0 Å². The molecule has 3 atom stereocenters. The molecule has 2 saturated heterocycles. The van der Waals surface area contributed by atoms with Gasteiger partial charge in [-0.25, -0.2) is 4.79 Å². The Morgan fingerprint density at radius 2 is 2.40 bits per heavy atom. The quantitative estimate of drug-likeness (QED) is 0.521. The molecule has 3 heteroatoms. The Morgan fingerprint density at radius 1 is 1.53 bits per heavy atom. The van der Waals surface area contributed by atoms with Crippen molar-refractivity contribution in [1.82, 2.24) is 0 Å². The number of unbranched alkanes of at least 4 members (excludes halogenated alkanes) is 1. The second-order valence-electron chi connectivity index (χ2n) is 4.33. The van der Waals surface area contributed by atoms with Crippen LogP contribution in [0.25, 0.3) is 0 Å². The fourth-order valence-electron chi connectivity index (χ4n) is 2.56. The molecule has 3 nitrogen and oxygen atoms in total. The summed E-state index contributed by atoms with van der Waals surface area (Å²) in [5.41, 5.74) is 0.317. The Hall–Kier alpha value is -1.09. The predicted octanol–water partition coefficient (Wildman–Crippen LogP) is 1.74. The Balaban J connectivity index is 1.87. The Bertz CT molecular complexity index is 369. The van der Waals surface area contributed by atoms with Crippen molar-refractivity contribution in [2.24, 2.45) is 0 Å². The van der Waals surface area contributed by atoms with Gasteiger partial charge < -0.3 is 9.47 Å². The average molecular weight is 206 g/mol. The van der Waals surface area contributed by atoms with Crippen molar-refractivity contribution in [2.45, 2.75) is 44.0 Å². The molecule has 2 heterocycles. The molecule has 3 unspecified atom stereocenters. The average Bonchev–Trinajstić information content (AvgIpc) is 2.92. The van der Waals surface area contributed by atoms with Crippen LogP contribution in [0.1, 0.15) is 26.2 Å². The molecule has 0 aromatic rings. The second-order valence-corrected chi connectivity index (χ2v) is 4.33.